The van der Waals surface area contributed by atoms with Gasteiger partial charge in [0.2, 0.25) is 11.8 Å². The summed E-state index contributed by atoms with van der Waals surface area (Å²) < 4.78 is 0. The molecule has 7 nitrogen and oxygen atoms in total. The smallest absolute Gasteiger partial charge is 0.253 e. The van der Waals surface area contributed by atoms with Gasteiger partial charge in [0, 0.05) is 44.7 Å². The Morgan fingerprint density at radius 3 is 2.31 bits per heavy atom. The maximum absolute atomic E-state index is 12.8. The Kier molecular flexibility index (Phi) is 6.85. The minimum atomic E-state index is -0.112. The molecule has 0 radical (unpaired) electrons. The summed E-state index contributed by atoms with van der Waals surface area (Å²) in [5, 5.41) is 2.97. The Morgan fingerprint density at radius 1 is 0.938 bits per heavy atom. The molecule has 0 bridgehead atoms. The third kappa shape index (κ3) is 4.99. The van der Waals surface area contributed by atoms with E-state index in [0.717, 1.165) is 18.5 Å². The van der Waals surface area contributed by atoms with Crippen LogP contribution in [0.5, 0.6) is 0 Å². The van der Waals surface area contributed by atoms with E-state index in [9.17, 15) is 14.4 Å². The van der Waals surface area contributed by atoms with Crippen molar-refractivity contribution in [3.05, 3.63) is 59.7 Å². The van der Waals surface area contributed by atoms with Crippen molar-refractivity contribution in [1.29, 1.82) is 0 Å². The molecular weight excluding hydrogens is 404 g/mol. The van der Waals surface area contributed by atoms with E-state index in [1.807, 2.05) is 53.4 Å². The van der Waals surface area contributed by atoms with Crippen molar-refractivity contribution in [2.75, 3.05) is 49.5 Å². The molecule has 0 saturated carbocycles. The Bertz CT molecular complexity index is 981. The van der Waals surface area contributed by atoms with E-state index in [1.54, 1.807) is 4.90 Å². The molecule has 4 rings (SSSR count). The maximum Gasteiger partial charge on any atom is 0.253 e. The zero-order chi connectivity index (χ0) is 22.5. The number of anilines is 2. The molecule has 0 spiro atoms. The number of para-hydroxylation sites is 2. The predicted molar refractivity (Wildman–Crippen MR) is 125 cm³/mol. The number of nitrogens with one attached hydrogen (secondary N) is 1. The highest BCUT2D eigenvalue weighted by Crippen LogP contribution is 2.29. The summed E-state index contributed by atoms with van der Waals surface area (Å²) in [5.41, 5.74) is 3.35. The summed E-state index contributed by atoms with van der Waals surface area (Å²) in [4.78, 5) is 43.2. The molecule has 3 amide bonds. The number of hydrogen-bond acceptors (Lipinski definition) is 4. The van der Waals surface area contributed by atoms with E-state index in [1.165, 1.54) is 5.56 Å². The van der Waals surface area contributed by atoms with Crippen LogP contribution in [-0.2, 0) is 16.0 Å². The van der Waals surface area contributed by atoms with E-state index < -0.39 is 0 Å². The van der Waals surface area contributed by atoms with Crippen LogP contribution in [0.3, 0.4) is 0 Å². The normalized spacial score (nSPS) is 17.0. The lowest BCUT2D eigenvalue weighted by Crippen LogP contribution is -2.50. The average molecular weight is 435 g/mol. The lowest BCUT2D eigenvalue weighted by atomic mass is 10.1. The number of carbonyl (C=O) groups is 3. The molecule has 2 aromatic rings. The highest BCUT2D eigenvalue weighted by atomic mass is 16.2. The van der Waals surface area contributed by atoms with Gasteiger partial charge in [-0.1, -0.05) is 31.2 Å². The van der Waals surface area contributed by atoms with Crippen LogP contribution in [-0.4, -0.2) is 66.8 Å². The van der Waals surface area contributed by atoms with Crippen molar-refractivity contribution < 1.29 is 14.4 Å². The summed E-state index contributed by atoms with van der Waals surface area (Å²) in [7, 11) is 0. The second-order valence-corrected chi connectivity index (χ2v) is 8.33. The molecule has 2 fully saturated rings. The van der Waals surface area contributed by atoms with Crippen LogP contribution >= 0.6 is 0 Å². The highest BCUT2D eigenvalue weighted by molar-refractivity contribution is 6.02. The fourth-order valence-electron chi connectivity index (χ4n) is 4.29. The molecule has 0 aliphatic carbocycles. The number of carbonyl (C=O) groups excluding carboxylic acids is 3. The first-order chi connectivity index (χ1) is 15.5. The van der Waals surface area contributed by atoms with Crippen LogP contribution in [0.2, 0.25) is 0 Å². The van der Waals surface area contributed by atoms with E-state index in [0.29, 0.717) is 50.4 Å². The van der Waals surface area contributed by atoms with Gasteiger partial charge in [-0.15, -0.1) is 0 Å². The number of benzene rings is 2. The van der Waals surface area contributed by atoms with Gasteiger partial charge in [0.05, 0.1) is 17.9 Å². The van der Waals surface area contributed by atoms with E-state index in [-0.39, 0.29) is 24.3 Å². The largest absolute Gasteiger partial charge is 0.336 e. The summed E-state index contributed by atoms with van der Waals surface area (Å²) in [5.74, 6) is 0.0248. The lowest BCUT2D eigenvalue weighted by Gasteiger charge is -2.34. The molecule has 2 heterocycles. The second-order valence-electron chi connectivity index (χ2n) is 8.33. The Labute approximate surface area is 189 Å². The predicted octanol–water partition coefficient (Wildman–Crippen LogP) is 2.77. The van der Waals surface area contributed by atoms with Gasteiger partial charge in [0.15, 0.2) is 0 Å². The molecule has 0 atom stereocenters. The van der Waals surface area contributed by atoms with Crippen LogP contribution < -0.4 is 10.2 Å². The van der Waals surface area contributed by atoms with Crippen molar-refractivity contribution in [3.63, 3.8) is 0 Å². The first-order valence-electron chi connectivity index (χ1n) is 11.3. The first-order valence-corrected chi connectivity index (χ1v) is 11.3. The molecule has 1 N–H and O–H groups in total. The lowest BCUT2D eigenvalue weighted by molar-refractivity contribution is -0.118. The molecule has 2 aliphatic rings. The highest BCUT2D eigenvalue weighted by Gasteiger charge is 2.26. The number of piperazine rings is 1. The minimum Gasteiger partial charge on any atom is -0.336 e. The van der Waals surface area contributed by atoms with Crippen molar-refractivity contribution in [2.24, 2.45) is 0 Å². The second kappa shape index (κ2) is 9.96. The van der Waals surface area contributed by atoms with Crippen LogP contribution in [0.15, 0.2) is 48.5 Å². The minimum absolute atomic E-state index is 0.0426. The molecule has 0 unspecified atom stereocenters. The standard InChI is InChI=1S/C25H30N4O3/c1-2-19-9-11-20(12-10-19)25(32)28-16-14-27(15-17-28)18-23(30)26-21-6-3-4-7-22(21)29-13-5-8-24(29)31/h3-4,6-7,9-12H,2,5,8,13-18H2,1H3,(H,26,30). The van der Waals surface area contributed by atoms with Gasteiger partial charge in [0.25, 0.3) is 5.91 Å². The third-order valence-electron chi connectivity index (χ3n) is 6.18. The number of amides is 3. The Morgan fingerprint density at radius 2 is 1.66 bits per heavy atom. The van der Waals surface area contributed by atoms with Crippen molar-refractivity contribution in [3.8, 4) is 0 Å². The fraction of sp³-hybridized carbons (Fsp3) is 0.400. The van der Waals surface area contributed by atoms with Crippen molar-refractivity contribution >= 4 is 29.1 Å². The fourth-order valence-corrected chi connectivity index (χ4v) is 4.29. The van der Waals surface area contributed by atoms with Crippen LogP contribution in [0.1, 0.15) is 35.7 Å². The molecule has 0 aromatic heterocycles. The van der Waals surface area contributed by atoms with Crippen LogP contribution in [0.4, 0.5) is 11.4 Å². The first kappa shape index (κ1) is 22.0. The molecule has 2 aliphatic heterocycles. The van der Waals surface area contributed by atoms with E-state index in [2.05, 4.69) is 17.1 Å². The topological polar surface area (TPSA) is 73.0 Å². The molecule has 7 heteroatoms. The van der Waals surface area contributed by atoms with Crippen molar-refractivity contribution in [1.82, 2.24) is 9.80 Å². The zero-order valence-corrected chi connectivity index (χ0v) is 18.5. The summed E-state index contributed by atoms with van der Waals surface area (Å²) in [6.07, 6.45) is 2.34. The molecule has 168 valence electrons. The van der Waals surface area contributed by atoms with Gasteiger partial charge in [-0.25, -0.2) is 0 Å². The van der Waals surface area contributed by atoms with Gasteiger partial charge < -0.3 is 15.1 Å². The zero-order valence-electron chi connectivity index (χ0n) is 18.5. The molecule has 32 heavy (non-hydrogen) atoms. The van der Waals surface area contributed by atoms with Gasteiger partial charge in [-0.3, -0.25) is 19.3 Å². The van der Waals surface area contributed by atoms with Gasteiger partial charge in [0.1, 0.15) is 0 Å². The third-order valence-corrected chi connectivity index (χ3v) is 6.18. The van der Waals surface area contributed by atoms with Gasteiger partial charge in [-0.2, -0.15) is 0 Å². The molecular formula is C25H30N4O3. The summed E-state index contributed by atoms with van der Waals surface area (Å²) >= 11 is 0. The monoisotopic (exact) mass is 434 g/mol. The van der Waals surface area contributed by atoms with Crippen molar-refractivity contribution in [2.45, 2.75) is 26.2 Å². The summed E-state index contributed by atoms with van der Waals surface area (Å²) in [6, 6.07) is 15.2. The van der Waals surface area contributed by atoms with Crippen LogP contribution in [0.25, 0.3) is 0 Å². The summed E-state index contributed by atoms with van der Waals surface area (Å²) in [6.45, 7) is 5.53. The molecule has 2 aromatic carbocycles. The van der Waals surface area contributed by atoms with Crippen LogP contribution in [0, 0.1) is 0 Å². The number of aryl methyl sites for hydroxylation is 1. The molecule has 2 saturated heterocycles. The Hall–Kier alpha value is -3.19. The SMILES string of the molecule is CCc1ccc(C(=O)N2CCN(CC(=O)Nc3ccccc3N3CCCC3=O)CC2)cc1. The number of nitrogens with zero attached hydrogens (tertiary/aromatic N) is 3. The number of hydrogen-bond donors (Lipinski definition) is 1. The average Bonchev–Trinajstić information content (AvgIpc) is 3.25. The Balaban J connectivity index is 1.30. The number of rotatable bonds is 6. The quantitative estimate of drug-likeness (QED) is 0.759. The maximum atomic E-state index is 12.8. The van der Waals surface area contributed by atoms with E-state index >= 15 is 0 Å². The van der Waals surface area contributed by atoms with E-state index in [4.69, 9.17) is 0 Å². The van der Waals surface area contributed by atoms with Gasteiger partial charge >= 0.3 is 0 Å². The van der Waals surface area contributed by atoms with Gasteiger partial charge in [-0.05, 0) is 42.7 Å².